The van der Waals surface area contributed by atoms with Gasteiger partial charge in [0, 0.05) is 21.1 Å². The number of carbonyl (C=O) groups excluding carboxylic acids is 2. The van der Waals surface area contributed by atoms with Crippen molar-refractivity contribution in [3.05, 3.63) is 30.3 Å². The lowest BCUT2D eigenvalue weighted by atomic mass is 10.3. The fraction of sp³-hybridized carbons (Fsp3) is 0.273. The van der Waals surface area contributed by atoms with Crippen LogP contribution < -0.4 is 10.2 Å². The molecule has 5 heteroatoms. The van der Waals surface area contributed by atoms with Crippen molar-refractivity contribution in [2.75, 3.05) is 26.0 Å². The van der Waals surface area contributed by atoms with E-state index in [0.717, 1.165) is 4.90 Å². The molecule has 0 atom stereocenters. The molecule has 0 aliphatic rings. The number of para-hydroxylation sites is 1. The molecule has 1 aromatic carbocycles. The van der Waals surface area contributed by atoms with Crippen LogP contribution in [0.3, 0.4) is 0 Å². The van der Waals surface area contributed by atoms with Gasteiger partial charge in [-0.05, 0) is 12.1 Å². The van der Waals surface area contributed by atoms with E-state index in [1.165, 1.54) is 11.9 Å². The molecule has 0 heterocycles. The summed E-state index contributed by atoms with van der Waals surface area (Å²) in [6, 6.07) is 7.94. The number of nitrogens with zero attached hydrogens (tertiary/aromatic N) is 2. The van der Waals surface area contributed by atoms with Crippen LogP contribution in [0.5, 0.6) is 0 Å². The zero-order valence-electron chi connectivity index (χ0n) is 9.60. The Morgan fingerprint density at radius 1 is 1.12 bits per heavy atom. The number of benzene rings is 1. The SMILES string of the molecule is CNC(=O)N(C(=O)N(C)C)c1ccccc1. The van der Waals surface area contributed by atoms with E-state index in [1.54, 1.807) is 38.4 Å². The third-order valence-electron chi connectivity index (χ3n) is 2.01. The average molecular weight is 221 g/mol. The molecule has 86 valence electrons. The van der Waals surface area contributed by atoms with Gasteiger partial charge in [-0.2, -0.15) is 0 Å². The number of urea groups is 2. The summed E-state index contributed by atoms with van der Waals surface area (Å²) in [7, 11) is 4.68. The monoisotopic (exact) mass is 221 g/mol. The molecule has 0 fully saturated rings. The van der Waals surface area contributed by atoms with Crippen molar-refractivity contribution in [1.29, 1.82) is 0 Å². The van der Waals surface area contributed by atoms with Gasteiger partial charge in [0.05, 0.1) is 5.69 Å². The molecule has 0 aliphatic heterocycles. The second-order valence-electron chi connectivity index (χ2n) is 3.40. The molecular formula is C11H15N3O2. The van der Waals surface area contributed by atoms with Gasteiger partial charge < -0.3 is 10.2 Å². The first-order valence-corrected chi connectivity index (χ1v) is 4.86. The van der Waals surface area contributed by atoms with E-state index < -0.39 is 6.03 Å². The lowest BCUT2D eigenvalue weighted by Crippen LogP contribution is -2.47. The van der Waals surface area contributed by atoms with Gasteiger partial charge in [0.1, 0.15) is 0 Å². The number of anilines is 1. The maximum Gasteiger partial charge on any atom is 0.332 e. The minimum absolute atomic E-state index is 0.384. The Kier molecular flexibility index (Phi) is 3.88. The Bertz CT molecular complexity index is 376. The van der Waals surface area contributed by atoms with E-state index >= 15 is 0 Å². The molecule has 1 aromatic rings. The zero-order chi connectivity index (χ0) is 12.1. The zero-order valence-corrected chi connectivity index (χ0v) is 9.60. The van der Waals surface area contributed by atoms with Gasteiger partial charge in [-0.25, -0.2) is 14.5 Å². The van der Waals surface area contributed by atoms with Crippen LogP contribution in [0.2, 0.25) is 0 Å². The van der Waals surface area contributed by atoms with Gasteiger partial charge in [-0.1, -0.05) is 18.2 Å². The first-order chi connectivity index (χ1) is 7.57. The van der Waals surface area contributed by atoms with E-state index in [1.807, 2.05) is 6.07 Å². The normalized spacial score (nSPS) is 9.44. The highest BCUT2D eigenvalue weighted by Crippen LogP contribution is 2.14. The van der Waals surface area contributed by atoms with Crippen LogP contribution in [0.15, 0.2) is 30.3 Å². The second kappa shape index (κ2) is 5.16. The predicted octanol–water partition coefficient (Wildman–Crippen LogP) is 1.51. The average Bonchev–Trinajstić information content (AvgIpc) is 2.30. The van der Waals surface area contributed by atoms with Crippen molar-refractivity contribution in [3.8, 4) is 0 Å². The van der Waals surface area contributed by atoms with E-state index in [-0.39, 0.29) is 6.03 Å². The number of amides is 4. The molecule has 5 nitrogen and oxygen atoms in total. The summed E-state index contributed by atoms with van der Waals surface area (Å²) in [5, 5.41) is 2.44. The number of nitrogens with one attached hydrogen (secondary N) is 1. The third kappa shape index (κ3) is 2.50. The summed E-state index contributed by atoms with van der Waals surface area (Å²) < 4.78 is 0. The summed E-state index contributed by atoms with van der Waals surface area (Å²) in [4.78, 5) is 25.9. The molecule has 0 saturated carbocycles. The van der Waals surface area contributed by atoms with Crippen molar-refractivity contribution in [1.82, 2.24) is 10.2 Å². The summed E-state index contributed by atoms with van der Waals surface area (Å²) in [6.45, 7) is 0. The Morgan fingerprint density at radius 2 is 1.69 bits per heavy atom. The highest BCUT2D eigenvalue weighted by molar-refractivity contribution is 6.13. The van der Waals surface area contributed by atoms with Crippen LogP contribution >= 0.6 is 0 Å². The topological polar surface area (TPSA) is 52.7 Å². The molecule has 0 radical (unpaired) electrons. The molecule has 0 saturated heterocycles. The Morgan fingerprint density at radius 3 is 2.12 bits per heavy atom. The predicted molar refractivity (Wildman–Crippen MR) is 62.5 cm³/mol. The molecular weight excluding hydrogens is 206 g/mol. The first-order valence-electron chi connectivity index (χ1n) is 4.86. The Labute approximate surface area is 94.6 Å². The van der Waals surface area contributed by atoms with Crippen molar-refractivity contribution < 1.29 is 9.59 Å². The molecule has 4 amide bonds. The van der Waals surface area contributed by atoms with E-state index in [2.05, 4.69) is 5.32 Å². The number of rotatable bonds is 1. The van der Waals surface area contributed by atoms with Crippen LogP contribution in [0.1, 0.15) is 0 Å². The summed E-state index contributed by atoms with van der Waals surface area (Å²) >= 11 is 0. The van der Waals surface area contributed by atoms with Crippen molar-refractivity contribution in [2.24, 2.45) is 0 Å². The van der Waals surface area contributed by atoms with Crippen molar-refractivity contribution >= 4 is 17.7 Å². The molecule has 0 unspecified atom stereocenters. The second-order valence-corrected chi connectivity index (χ2v) is 3.40. The summed E-state index contributed by atoms with van der Waals surface area (Å²) in [6.07, 6.45) is 0. The number of carbonyl (C=O) groups is 2. The van der Waals surface area contributed by atoms with Crippen molar-refractivity contribution in [2.45, 2.75) is 0 Å². The number of imide groups is 1. The van der Waals surface area contributed by atoms with Crippen LogP contribution in [-0.4, -0.2) is 38.1 Å². The maximum atomic E-state index is 11.8. The fourth-order valence-electron chi connectivity index (χ4n) is 1.20. The summed E-state index contributed by atoms with van der Waals surface area (Å²) in [5.74, 6) is 0. The van der Waals surface area contributed by atoms with Gasteiger partial charge in [-0.3, -0.25) is 0 Å². The Balaban J connectivity index is 3.07. The summed E-state index contributed by atoms with van der Waals surface area (Å²) in [5.41, 5.74) is 0.542. The minimum atomic E-state index is -0.454. The standard InChI is InChI=1S/C11H15N3O2/c1-12-10(15)14(11(16)13(2)3)9-7-5-4-6-8-9/h4-8H,1-3H3,(H,12,15). The van der Waals surface area contributed by atoms with Crippen molar-refractivity contribution in [3.63, 3.8) is 0 Å². The molecule has 0 spiro atoms. The lowest BCUT2D eigenvalue weighted by molar-refractivity contribution is 0.219. The van der Waals surface area contributed by atoms with Crippen LogP contribution in [-0.2, 0) is 0 Å². The van der Waals surface area contributed by atoms with E-state index in [9.17, 15) is 9.59 Å². The third-order valence-corrected chi connectivity index (χ3v) is 2.01. The van der Waals surface area contributed by atoms with Gasteiger partial charge in [-0.15, -0.1) is 0 Å². The lowest BCUT2D eigenvalue weighted by Gasteiger charge is -2.23. The molecule has 0 aliphatic carbocycles. The van der Waals surface area contributed by atoms with Gasteiger partial charge >= 0.3 is 12.1 Å². The maximum absolute atomic E-state index is 11.8. The largest absolute Gasteiger partial charge is 0.340 e. The number of hydrogen-bond donors (Lipinski definition) is 1. The van der Waals surface area contributed by atoms with E-state index in [0.29, 0.717) is 5.69 Å². The Hall–Kier alpha value is -2.04. The molecule has 0 aromatic heterocycles. The van der Waals surface area contributed by atoms with Crippen LogP contribution in [0, 0.1) is 0 Å². The van der Waals surface area contributed by atoms with Crippen LogP contribution in [0.4, 0.5) is 15.3 Å². The smallest absolute Gasteiger partial charge is 0.332 e. The molecule has 0 bridgehead atoms. The number of hydrogen-bond acceptors (Lipinski definition) is 2. The fourth-order valence-corrected chi connectivity index (χ4v) is 1.20. The molecule has 1 N–H and O–H groups in total. The highest BCUT2D eigenvalue weighted by Gasteiger charge is 2.23. The highest BCUT2D eigenvalue weighted by atomic mass is 16.2. The van der Waals surface area contributed by atoms with Gasteiger partial charge in [0.2, 0.25) is 0 Å². The minimum Gasteiger partial charge on any atom is -0.340 e. The molecule has 16 heavy (non-hydrogen) atoms. The van der Waals surface area contributed by atoms with Crippen LogP contribution in [0.25, 0.3) is 0 Å². The molecule has 1 rings (SSSR count). The van der Waals surface area contributed by atoms with Gasteiger partial charge in [0.15, 0.2) is 0 Å². The quantitative estimate of drug-likeness (QED) is 0.781. The first kappa shape index (κ1) is 12.0. The van der Waals surface area contributed by atoms with E-state index in [4.69, 9.17) is 0 Å². The van der Waals surface area contributed by atoms with Gasteiger partial charge in [0.25, 0.3) is 0 Å².